The molecule has 2 N–H and O–H groups in total. The lowest BCUT2D eigenvalue weighted by atomic mass is 10.3. The number of benzene rings is 1. The van der Waals surface area contributed by atoms with E-state index in [1.807, 2.05) is 0 Å². The molecule has 0 heterocycles. The van der Waals surface area contributed by atoms with Crippen molar-refractivity contribution in [2.45, 2.75) is 6.42 Å². The maximum absolute atomic E-state index is 13.0. The molecule has 0 aliphatic heterocycles. The minimum atomic E-state index is -3.46. The minimum absolute atomic E-state index is 0.0258. The molecule has 1 rings (SSSR count). The first-order chi connectivity index (χ1) is 7.93. The van der Waals surface area contributed by atoms with Crippen molar-refractivity contribution in [1.29, 1.82) is 0 Å². The fraction of sp³-hybridized carbons (Fsp3) is 0.400. The molecule has 0 aliphatic carbocycles. The Kier molecular flexibility index (Phi) is 5.17. The summed E-state index contributed by atoms with van der Waals surface area (Å²) in [6.45, 7) is 0.602. The summed E-state index contributed by atoms with van der Waals surface area (Å²) in [5.74, 6) is -0.604. The normalized spacial score (nSPS) is 11.5. The van der Waals surface area contributed by atoms with E-state index in [4.69, 9.17) is 11.6 Å². The average molecular weight is 281 g/mol. The van der Waals surface area contributed by atoms with Gasteiger partial charge in [-0.05, 0) is 38.2 Å². The molecule has 4 nitrogen and oxygen atoms in total. The lowest BCUT2D eigenvalue weighted by molar-refractivity contribution is 0.596. The van der Waals surface area contributed by atoms with Crippen LogP contribution in [0.2, 0.25) is 5.02 Å². The molecule has 0 saturated heterocycles. The first kappa shape index (κ1) is 14.2. The van der Waals surface area contributed by atoms with Crippen molar-refractivity contribution in [1.82, 2.24) is 5.32 Å². The Labute approximate surface area is 105 Å². The summed E-state index contributed by atoms with van der Waals surface area (Å²) in [4.78, 5) is 0. The van der Waals surface area contributed by atoms with Crippen molar-refractivity contribution in [3.63, 3.8) is 0 Å². The Morgan fingerprint density at radius 2 is 2.06 bits per heavy atom. The SMILES string of the molecule is CNCCCS(=O)(=O)Nc1cc(F)cc(Cl)c1. The number of anilines is 1. The van der Waals surface area contributed by atoms with Gasteiger partial charge in [0.15, 0.2) is 0 Å². The van der Waals surface area contributed by atoms with E-state index in [2.05, 4.69) is 10.0 Å². The quantitative estimate of drug-likeness (QED) is 0.782. The molecule has 0 saturated carbocycles. The number of hydrogen-bond donors (Lipinski definition) is 2. The second kappa shape index (κ2) is 6.18. The molecule has 0 atom stereocenters. The zero-order chi connectivity index (χ0) is 12.9. The maximum Gasteiger partial charge on any atom is 0.232 e. The molecule has 0 radical (unpaired) electrons. The predicted octanol–water partition coefficient (Wildman–Crippen LogP) is 1.83. The van der Waals surface area contributed by atoms with Crippen molar-refractivity contribution in [3.8, 4) is 0 Å². The van der Waals surface area contributed by atoms with Crippen molar-refractivity contribution in [3.05, 3.63) is 29.0 Å². The van der Waals surface area contributed by atoms with Crippen molar-refractivity contribution < 1.29 is 12.8 Å². The molecule has 17 heavy (non-hydrogen) atoms. The molecule has 0 amide bonds. The van der Waals surface area contributed by atoms with Crippen molar-refractivity contribution in [2.24, 2.45) is 0 Å². The van der Waals surface area contributed by atoms with Gasteiger partial charge in [-0.25, -0.2) is 12.8 Å². The number of rotatable bonds is 6. The summed E-state index contributed by atoms with van der Waals surface area (Å²) in [5.41, 5.74) is 0.138. The molecule has 7 heteroatoms. The number of halogens is 2. The molecule has 0 bridgehead atoms. The van der Waals surface area contributed by atoms with Crippen molar-refractivity contribution in [2.75, 3.05) is 24.1 Å². The Hall–Kier alpha value is -0.850. The molecular formula is C10H14ClFN2O2S. The second-order valence-electron chi connectivity index (χ2n) is 3.54. The highest BCUT2D eigenvalue weighted by atomic mass is 35.5. The lowest BCUT2D eigenvalue weighted by Gasteiger charge is -2.08. The summed E-state index contributed by atoms with van der Waals surface area (Å²) in [6.07, 6.45) is 0.481. The topological polar surface area (TPSA) is 58.2 Å². The Bertz CT molecular complexity index is 459. The highest BCUT2D eigenvalue weighted by molar-refractivity contribution is 7.92. The van der Waals surface area contributed by atoms with Gasteiger partial charge in [-0.3, -0.25) is 4.72 Å². The minimum Gasteiger partial charge on any atom is -0.320 e. The van der Waals surface area contributed by atoms with E-state index in [0.717, 1.165) is 12.1 Å². The number of nitrogens with one attached hydrogen (secondary N) is 2. The fourth-order valence-corrected chi connectivity index (χ4v) is 2.61. The second-order valence-corrected chi connectivity index (χ2v) is 5.81. The van der Waals surface area contributed by atoms with E-state index in [0.29, 0.717) is 13.0 Å². The molecule has 0 unspecified atom stereocenters. The highest BCUT2D eigenvalue weighted by Crippen LogP contribution is 2.19. The van der Waals surface area contributed by atoms with Gasteiger partial charge in [0.1, 0.15) is 5.82 Å². The van der Waals surface area contributed by atoms with Gasteiger partial charge in [-0.2, -0.15) is 0 Å². The molecule has 0 aromatic heterocycles. The van der Waals surface area contributed by atoms with Crippen LogP contribution in [0.25, 0.3) is 0 Å². The summed E-state index contributed by atoms with van der Waals surface area (Å²) < 4.78 is 38.4. The van der Waals surface area contributed by atoms with Crippen LogP contribution in [-0.4, -0.2) is 27.8 Å². The van der Waals surface area contributed by atoms with Gasteiger partial charge < -0.3 is 5.32 Å². The smallest absolute Gasteiger partial charge is 0.232 e. The fourth-order valence-electron chi connectivity index (χ4n) is 1.28. The van der Waals surface area contributed by atoms with E-state index >= 15 is 0 Å². The van der Waals surface area contributed by atoms with E-state index < -0.39 is 15.8 Å². The van der Waals surface area contributed by atoms with Gasteiger partial charge in [-0.15, -0.1) is 0 Å². The number of sulfonamides is 1. The van der Waals surface area contributed by atoms with Crippen LogP contribution in [-0.2, 0) is 10.0 Å². The van der Waals surface area contributed by atoms with Gasteiger partial charge in [0, 0.05) is 5.02 Å². The summed E-state index contributed by atoms with van der Waals surface area (Å²) in [6, 6.07) is 3.56. The van der Waals surface area contributed by atoms with Crippen LogP contribution in [0, 0.1) is 5.82 Å². The first-order valence-electron chi connectivity index (χ1n) is 5.04. The van der Waals surface area contributed by atoms with Gasteiger partial charge in [0.25, 0.3) is 0 Å². The van der Waals surface area contributed by atoms with Gasteiger partial charge in [0.2, 0.25) is 10.0 Å². The van der Waals surface area contributed by atoms with Crippen LogP contribution in [0.4, 0.5) is 10.1 Å². The Morgan fingerprint density at radius 1 is 1.35 bits per heavy atom. The van der Waals surface area contributed by atoms with Crippen LogP contribution in [0.3, 0.4) is 0 Å². The molecule has 0 spiro atoms. The molecule has 96 valence electrons. The van der Waals surface area contributed by atoms with Gasteiger partial charge in [-0.1, -0.05) is 11.6 Å². The zero-order valence-corrected chi connectivity index (χ0v) is 10.9. The van der Waals surface area contributed by atoms with E-state index in [9.17, 15) is 12.8 Å². The summed E-state index contributed by atoms with van der Waals surface area (Å²) >= 11 is 5.62. The molecule has 1 aromatic carbocycles. The Balaban J connectivity index is 2.69. The molecule has 0 aliphatic rings. The molecule has 1 aromatic rings. The third-order valence-corrected chi connectivity index (χ3v) is 3.57. The van der Waals surface area contributed by atoms with Gasteiger partial charge in [0.05, 0.1) is 11.4 Å². The third kappa shape index (κ3) is 5.34. The van der Waals surface area contributed by atoms with E-state index in [-0.39, 0.29) is 16.5 Å². The monoisotopic (exact) mass is 280 g/mol. The van der Waals surface area contributed by atoms with Crippen molar-refractivity contribution >= 4 is 27.3 Å². The van der Waals surface area contributed by atoms with Crippen LogP contribution in [0.1, 0.15) is 6.42 Å². The zero-order valence-electron chi connectivity index (χ0n) is 9.33. The maximum atomic E-state index is 13.0. The van der Waals surface area contributed by atoms with E-state index in [1.54, 1.807) is 7.05 Å². The first-order valence-corrected chi connectivity index (χ1v) is 7.07. The van der Waals surface area contributed by atoms with Crippen LogP contribution < -0.4 is 10.0 Å². The van der Waals surface area contributed by atoms with E-state index in [1.165, 1.54) is 6.07 Å². The average Bonchev–Trinajstić information content (AvgIpc) is 2.14. The summed E-state index contributed by atoms with van der Waals surface area (Å²) in [7, 11) is -1.71. The standard InChI is InChI=1S/C10H14ClFN2O2S/c1-13-3-2-4-17(15,16)14-10-6-8(11)5-9(12)7-10/h5-7,13-14H,2-4H2,1H3. The lowest BCUT2D eigenvalue weighted by Crippen LogP contribution is -2.20. The molecular weight excluding hydrogens is 267 g/mol. The van der Waals surface area contributed by atoms with Gasteiger partial charge >= 0.3 is 0 Å². The Morgan fingerprint density at radius 3 is 2.65 bits per heavy atom. The van der Waals surface area contributed by atoms with Crippen LogP contribution in [0.5, 0.6) is 0 Å². The predicted molar refractivity (Wildman–Crippen MR) is 67.4 cm³/mol. The number of hydrogen-bond acceptors (Lipinski definition) is 3. The highest BCUT2D eigenvalue weighted by Gasteiger charge is 2.10. The molecule has 0 fully saturated rings. The summed E-state index contributed by atoms with van der Waals surface area (Å²) in [5, 5.41) is 3.00. The van der Waals surface area contributed by atoms with Crippen LogP contribution in [0.15, 0.2) is 18.2 Å². The largest absolute Gasteiger partial charge is 0.320 e. The third-order valence-electron chi connectivity index (χ3n) is 1.98. The van der Waals surface area contributed by atoms with Crippen LogP contribution >= 0.6 is 11.6 Å².